The molecule has 0 aromatic heterocycles. The fourth-order valence-corrected chi connectivity index (χ4v) is 1.48. The molecule has 1 rings (SSSR count). The van der Waals surface area contributed by atoms with Crippen molar-refractivity contribution in [2.75, 3.05) is 11.9 Å². The van der Waals surface area contributed by atoms with Crippen LogP contribution < -0.4 is 10.6 Å². The number of urea groups is 1. The van der Waals surface area contributed by atoms with Gasteiger partial charge in [0.15, 0.2) is 0 Å². The first-order valence-electron chi connectivity index (χ1n) is 6.74. The molecule has 1 aromatic carbocycles. The molecule has 0 fully saturated rings. The zero-order valence-corrected chi connectivity index (χ0v) is 12.7. The van der Waals surface area contributed by atoms with Crippen molar-refractivity contribution in [2.45, 2.75) is 27.7 Å². The van der Waals surface area contributed by atoms with Gasteiger partial charge < -0.3 is 20.8 Å². The van der Waals surface area contributed by atoms with Crippen molar-refractivity contribution in [3.8, 4) is 5.75 Å². The molecule has 2 amide bonds. The van der Waals surface area contributed by atoms with Gasteiger partial charge in [0.2, 0.25) is 0 Å². The Kier molecular flexibility index (Phi) is 5.18. The summed E-state index contributed by atoms with van der Waals surface area (Å²) < 4.78 is 0. The van der Waals surface area contributed by atoms with Crippen molar-refractivity contribution in [1.29, 1.82) is 0 Å². The third-order valence-corrected chi connectivity index (χ3v) is 3.75. The third kappa shape index (κ3) is 4.66. The number of carbonyl (C=O) groups is 2. The first-order valence-corrected chi connectivity index (χ1v) is 6.74. The summed E-state index contributed by atoms with van der Waals surface area (Å²) in [5.74, 6) is -1.19. The molecule has 0 heterocycles. The smallest absolute Gasteiger partial charge is 0.339 e. The van der Waals surface area contributed by atoms with E-state index >= 15 is 0 Å². The quantitative estimate of drug-likeness (QED) is 0.671. The van der Waals surface area contributed by atoms with Crippen LogP contribution in [0.4, 0.5) is 10.5 Å². The Morgan fingerprint density at radius 2 is 1.90 bits per heavy atom. The second kappa shape index (κ2) is 6.47. The maximum Gasteiger partial charge on any atom is 0.339 e. The van der Waals surface area contributed by atoms with E-state index in [9.17, 15) is 14.7 Å². The van der Waals surface area contributed by atoms with Gasteiger partial charge >= 0.3 is 12.0 Å². The first-order chi connectivity index (χ1) is 9.63. The number of rotatable bonds is 5. The SMILES string of the molecule is CC(C)C(C)(C)CNC(=O)Nc1ccc(C(=O)O)c(O)c1. The molecule has 4 N–H and O–H groups in total. The predicted molar refractivity (Wildman–Crippen MR) is 80.7 cm³/mol. The molecule has 0 atom stereocenters. The summed E-state index contributed by atoms with van der Waals surface area (Å²) in [6.45, 7) is 8.80. The average Bonchev–Trinajstić information content (AvgIpc) is 2.36. The van der Waals surface area contributed by atoms with Crippen LogP contribution in [0.3, 0.4) is 0 Å². The predicted octanol–water partition coefficient (Wildman–Crippen LogP) is 2.89. The molecular weight excluding hydrogens is 272 g/mol. The topological polar surface area (TPSA) is 98.7 Å². The minimum Gasteiger partial charge on any atom is -0.507 e. The van der Waals surface area contributed by atoms with Gasteiger partial charge in [0.25, 0.3) is 0 Å². The molecule has 0 radical (unpaired) electrons. The van der Waals surface area contributed by atoms with Crippen LogP contribution in [0.15, 0.2) is 18.2 Å². The number of aromatic hydroxyl groups is 1. The maximum atomic E-state index is 11.8. The summed E-state index contributed by atoms with van der Waals surface area (Å²) in [6.07, 6.45) is 0. The molecule has 0 spiro atoms. The molecule has 0 saturated carbocycles. The molecule has 0 aliphatic rings. The standard InChI is InChI=1S/C15H22N2O4/c1-9(2)15(3,4)8-16-14(21)17-10-5-6-11(13(19)20)12(18)7-10/h5-7,9,18H,8H2,1-4H3,(H,19,20)(H2,16,17,21). The van der Waals surface area contributed by atoms with Gasteiger partial charge in [-0.05, 0) is 23.5 Å². The number of amides is 2. The lowest BCUT2D eigenvalue weighted by Gasteiger charge is -2.29. The number of hydrogen-bond acceptors (Lipinski definition) is 3. The van der Waals surface area contributed by atoms with Crippen molar-refractivity contribution in [3.05, 3.63) is 23.8 Å². The van der Waals surface area contributed by atoms with E-state index in [0.717, 1.165) is 0 Å². The van der Waals surface area contributed by atoms with Gasteiger partial charge in [-0.2, -0.15) is 0 Å². The molecule has 1 aromatic rings. The molecule has 0 aliphatic heterocycles. The molecule has 0 aliphatic carbocycles. The number of phenols is 1. The van der Waals surface area contributed by atoms with Crippen LogP contribution in [0.5, 0.6) is 5.75 Å². The fourth-order valence-electron chi connectivity index (χ4n) is 1.48. The lowest BCUT2D eigenvalue weighted by Crippen LogP contribution is -2.39. The van der Waals surface area contributed by atoms with E-state index in [1.165, 1.54) is 18.2 Å². The van der Waals surface area contributed by atoms with E-state index in [1.807, 2.05) is 0 Å². The largest absolute Gasteiger partial charge is 0.507 e. The summed E-state index contributed by atoms with van der Waals surface area (Å²) >= 11 is 0. The molecule has 0 unspecified atom stereocenters. The number of carboxylic acid groups (broad SMARTS) is 1. The summed E-state index contributed by atoms with van der Waals surface area (Å²) in [4.78, 5) is 22.6. The van der Waals surface area contributed by atoms with E-state index in [-0.39, 0.29) is 16.7 Å². The van der Waals surface area contributed by atoms with Crippen LogP contribution in [0.25, 0.3) is 0 Å². The summed E-state index contributed by atoms with van der Waals surface area (Å²) in [6, 6.07) is 3.48. The van der Waals surface area contributed by atoms with Crippen LogP contribution in [0, 0.1) is 11.3 Å². The summed E-state index contributed by atoms with van der Waals surface area (Å²) in [5, 5.41) is 23.7. The monoisotopic (exact) mass is 294 g/mol. The van der Waals surface area contributed by atoms with Crippen LogP contribution in [-0.2, 0) is 0 Å². The number of nitrogens with one attached hydrogen (secondary N) is 2. The van der Waals surface area contributed by atoms with Gasteiger partial charge in [0, 0.05) is 18.3 Å². The van der Waals surface area contributed by atoms with E-state index in [0.29, 0.717) is 18.2 Å². The van der Waals surface area contributed by atoms with Crippen molar-refractivity contribution in [1.82, 2.24) is 5.32 Å². The van der Waals surface area contributed by atoms with Gasteiger partial charge in [0.1, 0.15) is 11.3 Å². The second-order valence-electron chi connectivity index (χ2n) is 5.99. The van der Waals surface area contributed by atoms with Crippen molar-refractivity contribution in [2.24, 2.45) is 11.3 Å². The van der Waals surface area contributed by atoms with Crippen LogP contribution in [0.2, 0.25) is 0 Å². The lowest BCUT2D eigenvalue weighted by atomic mass is 9.81. The number of aromatic carboxylic acids is 1. The second-order valence-corrected chi connectivity index (χ2v) is 5.99. The van der Waals surface area contributed by atoms with Gasteiger partial charge in [-0.15, -0.1) is 0 Å². The molecule has 6 heteroatoms. The molecule has 116 valence electrons. The highest BCUT2D eigenvalue weighted by molar-refractivity contribution is 5.93. The zero-order chi connectivity index (χ0) is 16.2. The Bertz CT molecular complexity index is 538. The molecule has 21 heavy (non-hydrogen) atoms. The molecule has 6 nitrogen and oxygen atoms in total. The number of hydrogen-bond donors (Lipinski definition) is 4. The summed E-state index contributed by atoms with van der Waals surface area (Å²) in [5.41, 5.74) is 0.0892. The lowest BCUT2D eigenvalue weighted by molar-refractivity contribution is 0.0694. The Morgan fingerprint density at radius 3 is 2.38 bits per heavy atom. The molecule has 0 bridgehead atoms. The van der Waals surface area contributed by atoms with Crippen molar-refractivity contribution < 1.29 is 19.8 Å². The Labute approximate surface area is 124 Å². The fraction of sp³-hybridized carbons (Fsp3) is 0.467. The van der Waals surface area contributed by atoms with Gasteiger partial charge in [0.05, 0.1) is 0 Å². The van der Waals surface area contributed by atoms with E-state index in [2.05, 4.69) is 38.3 Å². The van der Waals surface area contributed by atoms with Crippen LogP contribution >= 0.6 is 0 Å². The van der Waals surface area contributed by atoms with Crippen molar-refractivity contribution >= 4 is 17.7 Å². The third-order valence-electron chi connectivity index (χ3n) is 3.75. The highest BCUT2D eigenvalue weighted by Crippen LogP contribution is 2.25. The average molecular weight is 294 g/mol. The highest BCUT2D eigenvalue weighted by Gasteiger charge is 2.22. The van der Waals surface area contributed by atoms with E-state index in [1.54, 1.807) is 0 Å². The van der Waals surface area contributed by atoms with Gasteiger partial charge in [-0.1, -0.05) is 27.7 Å². The maximum absolute atomic E-state index is 11.8. The minimum absolute atomic E-state index is 0.0351. The van der Waals surface area contributed by atoms with Crippen molar-refractivity contribution in [3.63, 3.8) is 0 Å². The number of carbonyl (C=O) groups excluding carboxylic acids is 1. The van der Waals surface area contributed by atoms with Gasteiger partial charge in [-0.25, -0.2) is 9.59 Å². The molecule has 0 saturated heterocycles. The molecular formula is C15H22N2O4. The zero-order valence-electron chi connectivity index (χ0n) is 12.7. The Hall–Kier alpha value is -2.24. The first kappa shape index (κ1) is 16.8. The van der Waals surface area contributed by atoms with E-state index in [4.69, 9.17) is 5.11 Å². The number of benzene rings is 1. The number of carboxylic acids is 1. The highest BCUT2D eigenvalue weighted by atomic mass is 16.4. The minimum atomic E-state index is -1.22. The van der Waals surface area contributed by atoms with Gasteiger partial charge in [-0.3, -0.25) is 0 Å². The normalized spacial score (nSPS) is 11.3. The Morgan fingerprint density at radius 1 is 1.29 bits per heavy atom. The van der Waals surface area contributed by atoms with Crippen LogP contribution in [0.1, 0.15) is 38.1 Å². The number of anilines is 1. The Balaban J connectivity index is 2.64. The van der Waals surface area contributed by atoms with E-state index < -0.39 is 12.0 Å². The van der Waals surface area contributed by atoms with Crippen LogP contribution in [-0.4, -0.2) is 28.8 Å². The summed E-state index contributed by atoms with van der Waals surface area (Å²) in [7, 11) is 0.